The number of anilines is 5. The molecule has 3 heterocycles. The highest BCUT2D eigenvalue weighted by atomic mass is 19.1. The number of hydrogen-bond donors (Lipinski definition) is 2. The molecule has 2 aromatic carbocycles. The van der Waals surface area contributed by atoms with Crippen LogP contribution in [-0.4, -0.2) is 73.3 Å². The molecule has 5 rings (SSSR count). The number of halogens is 1. The number of hydrogen-bond acceptors (Lipinski definition) is 9. The number of ether oxygens (including phenoxy) is 1. The summed E-state index contributed by atoms with van der Waals surface area (Å²) in [7, 11) is 1.61. The lowest BCUT2D eigenvalue weighted by molar-refractivity contribution is -0.111. The Morgan fingerprint density at radius 1 is 1.19 bits per heavy atom. The number of piperazine rings is 1. The lowest BCUT2D eigenvalue weighted by Gasteiger charge is -2.36. The summed E-state index contributed by atoms with van der Waals surface area (Å²) < 4.78 is 19.9. The minimum atomic E-state index is -0.297. The molecule has 0 spiro atoms. The fraction of sp³-hybridized carbons (Fsp3) is 0.387. The third-order valence-electron chi connectivity index (χ3n) is 7.91. The monoisotopic (exact) mass is 575 g/mol. The molecule has 3 aromatic rings. The van der Waals surface area contributed by atoms with Gasteiger partial charge in [0.15, 0.2) is 5.82 Å². The fourth-order valence-corrected chi connectivity index (χ4v) is 5.44. The summed E-state index contributed by atoms with van der Waals surface area (Å²) in [4.78, 5) is 31.8. The van der Waals surface area contributed by atoms with Crippen molar-refractivity contribution in [3.05, 3.63) is 72.3 Å². The topological polar surface area (TPSA) is 95.1 Å². The van der Waals surface area contributed by atoms with Crippen LogP contribution in [0.4, 0.5) is 33.1 Å². The smallest absolute Gasteiger partial charge is 0.247 e. The second kappa shape index (κ2) is 13.2. The van der Waals surface area contributed by atoms with E-state index >= 15 is 0 Å². The number of aromatic nitrogens is 2. The maximum absolute atomic E-state index is 14.2. The number of hydroxylamine groups is 1. The van der Waals surface area contributed by atoms with Crippen LogP contribution in [0.1, 0.15) is 24.5 Å². The van der Waals surface area contributed by atoms with Gasteiger partial charge in [-0.25, -0.2) is 19.4 Å². The van der Waals surface area contributed by atoms with E-state index in [1.165, 1.54) is 18.5 Å². The van der Waals surface area contributed by atoms with Crippen molar-refractivity contribution in [2.24, 2.45) is 0 Å². The first kappa shape index (κ1) is 29.3. The van der Waals surface area contributed by atoms with E-state index in [-0.39, 0.29) is 17.8 Å². The van der Waals surface area contributed by atoms with E-state index in [0.717, 1.165) is 50.4 Å². The van der Waals surface area contributed by atoms with E-state index < -0.39 is 0 Å². The van der Waals surface area contributed by atoms with Gasteiger partial charge in [-0.05, 0) is 55.6 Å². The number of benzene rings is 2. The highest BCUT2D eigenvalue weighted by molar-refractivity contribution is 6.02. The summed E-state index contributed by atoms with van der Waals surface area (Å²) in [6.07, 6.45) is 4.14. The number of carbonyl (C=O) groups excluding carboxylic acids is 1. The number of methoxy groups -OCH3 is 1. The van der Waals surface area contributed by atoms with Gasteiger partial charge in [-0.3, -0.25) is 9.63 Å². The van der Waals surface area contributed by atoms with E-state index in [4.69, 9.17) is 9.57 Å². The Labute approximate surface area is 246 Å². The molecule has 2 aliphatic rings. The average molecular weight is 576 g/mol. The van der Waals surface area contributed by atoms with Crippen LogP contribution in [0.2, 0.25) is 0 Å². The van der Waals surface area contributed by atoms with Crippen LogP contribution >= 0.6 is 0 Å². The normalized spacial score (nSPS) is 17.3. The molecular formula is C31H38FN7O3. The molecule has 42 heavy (non-hydrogen) atoms. The van der Waals surface area contributed by atoms with Gasteiger partial charge in [0.25, 0.3) is 0 Å². The van der Waals surface area contributed by atoms with Gasteiger partial charge in [0.05, 0.1) is 36.8 Å². The molecule has 2 fully saturated rings. The molecule has 10 nitrogen and oxygen atoms in total. The second-order valence-electron chi connectivity index (χ2n) is 10.4. The Morgan fingerprint density at radius 2 is 2.00 bits per heavy atom. The molecule has 0 aliphatic carbocycles. The summed E-state index contributed by atoms with van der Waals surface area (Å²) in [5.41, 5.74) is 3.75. The van der Waals surface area contributed by atoms with Gasteiger partial charge in [0.2, 0.25) is 5.91 Å². The van der Waals surface area contributed by atoms with Crippen molar-refractivity contribution in [1.82, 2.24) is 14.9 Å². The molecule has 0 radical (unpaired) electrons. The minimum absolute atomic E-state index is 0.00374. The van der Waals surface area contributed by atoms with Crippen molar-refractivity contribution >= 4 is 34.6 Å². The second-order valence-corrected chi connectivity index (χ2v) is 10.4. The van der Waals surface area contributed by atoms with Crippen LogP contribution in [0.3, 0.4) is 0 Å². The molecule has 11 heteroatoms. The zero-order chi connectivity index (χ0) is 29.6. The van der Waals surface area contributed by atoms with Crippen LogP contribution < -0.4 is 25.3 Å². The Kier molecular flexibility index (Phi) is 9.19. The van der Waals surface area contributed by atoms with Crippen LogP contribution in [0, 0.1) is 12.7 Å². The molecule has 0 saturated carbocycles. The predicted octanol–water partition coefficient (Wildman–Crippen LogP) is 4.70. The van der Waals surface area contributed by atoms with E-state index in [0.29, 0.717) is 47.4 Å². The van der Waals surface area contributed by atoms with Crippen LogP contribution in [-0.2, 0) is 16.1 Å². The van der Waals surface area contributed by atoms with Crippen molar-refractivity contribution < 1.29 is 18.8 Å². The van der Waals surface area contributed by atoms with Crippen LogP contribution in [0.5, 0.6) is 5.75 Å². The number of nitrogens with one attached hydrogen (secondary N) is 2. The van der Waals surface area contributed by atoms with Gasteiger partial charge in [0.1, 0.15) is 23.7 Å². The Hall–Kier alpha value is -4.22. The summed E-state index contributed by atoms with van der Waals surface area (Å²) >= 11 is 0. The molecule has 2 N–H and O–H groups in total. The molecule has 2 saturated heterocycles. The van der Waals surface area contributed by atoms with Crippen molar-refractivity contribution in [3.8, 4) is 5.75 Å². The summed E-state index contributed by atoms with van der Waals surface area (Å²) in [5.74, 6) is 1.22. The Balaban J connectivity index is 1.40. The van der Waals surface area contributed by atoms with Gasteiger partial charge in [-0.1, -0.05) is 25.6 Å². The minimum Gasteiger partial charge on any atom is -0.494 e. The van der Waals surface area contributed by atoms with Crippen LogP contribution in [0.15, 0.2) is 55.4 Å². The molecule has 0 bridgehead atoms. The first-order chi connectivity index (χ1) is 20.4. The van der Waals surface area contributed by atoms with Gasteiger partial charge in [-0.2, -0.15) is 0 Å². The molecule has 222 valence electrons. The zero-order valence-electron chi connectivity index (χ0n) is 24.4. The van der Waals surface area contributed by atoms with E-state index in [1.807, 2.05) is 18.2 Å². The Bertz CT molecular complexity index is 1430. The zero-order valence-corrected chi connectivity index (χ0v) is 24.4. The maximum Gasteiger partial charge on any atom is 0.247 e. The summed E-state index contributed by atoms with van der Waals surface area (Å²) in [6.45, 7) is 12.7. The van der Waals surface area contributed by atoms with Crippen molar-refractivity contribution in [2.45, 2.75) is 32.7 Å². The van der Waals surface area contributed by atoms with Crippen molar-refractivity contribution in [3.63, 3.8) is 0 Å². The average Bonchev–Trinajstić information content (AvgIpc) is 3.48. The van der Waals surface area contributed by atoms with E-state index in [9.17, 15) is 9.18 Å². The largest absolute Gasteiger partial charge is 0.494 e. The quantitative estimate of drug-likeness (QED) is 0.334. The third kappa shape index (κ3) is 6.47. The number of carbonyl (C=O) groups is 1. The number of amides is 1. The molecular weight excluding hydrogens is 537 g/mol. The lowest BCUT2D eigenvalue weighted by Crippen LogP contribution is -2.46. The van der Waals surface area contributed by atoms with Crippen LogP contribution in [0.25, 0.3) is 0 Å². The summed E-state index contributed by atoms with van der Waals surface area (Å²) in [5, 5.41) is 8.07. The molecule has 1 aromatic heterocycles. The highest BCUT2D eigenvalue weighted by Gasteiger charge is 2.29. The molecule has 1 amide bonds. The van der Waals surface area contributed by atoms with Crippen molar-refractivity contribution in [1.29, 1.82) is 0 Å². The first-order valence-electron chi connectivity index (χ1n) is 14.3. The summed E-state index contributed by atoms with van der Waals surface area (Å²) in [6, 6.07) is 10.7. The lowest BCUT2D eigenvalue weighted by atomic mass is 9.99. The molecule has 1 unspecified atom stereocenters. The number of rotatable bonds is 10. The number of nitrogens with zero attached hydrogens (tertiary/aromatic N) is 5. The van der Waals surface area contributed by atoms with E-state index in [1.54, 1.807) is 31.2 Å². The number of likely N-dealkylation sites (N-methyl/N-ethyl adjacent to an activating group) is 1. The Morgan fingerprint density at radius 3 is 2.74 bits per heavy atom. The van der Waals surface area contributed by atoms with Gasteiger partial charge < -0.3 is 25.2 Å². The van der Waals surface area contributed by atoms with Gasteiger partial charge >= 0.3 is 0 Å². The molecule has 2 aliphatic heterocycles. The van der Waals surface area contributed by atoms with E-state index in [2.05, 4.69) is 43.9 Å². The van der Waals surface area contributed by atoms with Crippen molar-refractivity contribution in [2.75, 3.05) is 67.0 Å². The standard InChI is InChI=1S/C31H38FN7O3/c1-5-31(40)36-25-17-26(28(41-4)18-27(25)38-13-11-37(6-2)12-14-38)35-29-19-30(34-20-33-29)39-23(10-15-42-39)16-22-8-7-9-24(32)21(22)3/h5,7-9,17-20,23H,1,6,10-16H2,2-4H3,(H,36,40)(H,33,34,35). The van der Waals surface area contributed by atoms with Gasteiger partial charge in [0, 0.05) is 38.3 Å². The maximum atomic E-state index is 14.2. The first-order valence-corrected chi connectivity index (χ1v) is 14.3. The molecule has 1 atom stereocenters. The SMILES string of the molecule is C=CC(=O)Nc1cc(Nc2cc(N3OCCC3Cc3cccc(F)c3C)ncn2)c(OC)cc1N1CCN(CC)CC1. The van der Waals surface area contributed by atoms with Gasteiger partial charge in [-0.15, -0.1) is 0 Å². The predicted molar refractivity (Wildman–Crippen MR) is 163 cm³/mol. The highest BCUT2D eigenvalue weighted by Crippen LogP contribution is 2.39. The third-order valence-corrected chi connectivity index (χ3v) is 7.91. The fourth-order valence-electron chi connectivity index (χ4n) is 5.44.